The summed E-state index contributed by atoms with van der Waals surface area (Å²) in [5.41, 5.74) is 1.13. The normalized spacial score (nSPS) is 23.3. The van der Waals surface area contributed by atoms with E-state index in [1.54, 1.807) is 0 Å². The number of ketones is 1. The fourth-order valence-corrected chi connectivity index (χ4v) is 1.53. The van der Waals surface area contributed by atoms with E-state index in [9.17, 15) is 9.59 Å². The molecule has 13 heavy (non-hydrogen) atoms. The molecule has 1 rings (SSSR count). The number of Topliss-reactive ketones (excluding diaryl/α,β-unsaturated/α-hetero) is 1. The van der Waals surface area contributed by atoms with Crippen LogP contribution in [0.1, 0.15) is 26.7 Å². The van der Waals surface area contributed by atoms with Crippen molar-refractivity contribution in [2.75, 3.05) is 7.11 Å². The molecule has 72 valence electrons. The Labute approximate surface area is 77.8 Å². The van der Waals surface area contributed by atoms with Crippen LogP contribution in [0.3, 0.4) is 0 Å². The van der Waals surface area contributed by atoms with Crippen molar-refractivity contribution in [2.24, 2.45) is 5.92 Å². The van der Waals surface area contributed by atoms with Gasteiger partial charge in [-0.15, -0.1) is 0 Å². The third-order valence-corrected chi connectivity index (χ3v) is 2.61. The maximum Gasteiger partial charge on any atom is 0.341 e. The lowest BCUT2D eigenvalue weighted by Crippen LogP contribution is -2.23. The number of carbonyl (C=O) groups is 2. The van der Waals surface area contributed by atoms with E-state index in [0.717, 1.165) is 12.0 Å². The molecule has 0 spiro atoms. The van der Waals surface area contributed by atoms with Crippen molar-refractivity contribution in [3.8, 4) is 0 Å². The molecular weight excluding hydrogens is 168 g/mol. The Balaban J connectivity index is 3.06. The first kappa shape index (κ1) is 9.96. The van der Waals surface area contributed by atoms with Gasteiger partial charge < -0.3 is 4.74 Å². The first-order chi connectivity index (χ1) is 6.07. The van der Waals surface area contributed by atoms with Crippen LogP contribution in [0.25, 0.3) is 0 Å². The molecule has 3 heteroatoms. The molecule has 0 aliphatic heterocycles. The largest absolute Gasteiger partial charge is 0.465 e. The van der Waals surface area contributed by atoms with Gasteiger partial charge in [-0.1, -0.05) is 12.5 Å². The van der Waals surface area contributed by atoms with Gasteiger partial charge in [-0.3, -0.25) is 4.79 Å². The number of hydrogen-bond acceptors (Lipinski definition) is 3. The van der Waals surface area contributed by atoms with Crippen LogP contribution in [0.2, 0.25) is 0 Å². The van der Waals surface area contributed by atoms with Crippen LogP contribution in [0.5, 0.6) is 0 Å². The number of carbonyl (C=O) groups excluding carboxylic acids is 2. The molecule has 0 saturated heterocycles. The summed E-state index contributed by atoms with van der Waals surface area (Å²) < 4.78 is 4.56. The molecule has 0 aromatic heterocycles. The SMILES string of the molecule is COC(=O)C1=C(C)C(C)CCC1=O. The van der Waals surface area contributed by atoms with Gasteiger partial charge >= 0.3 is 5.97 Å². The lowest BCUT2D eigenvalue weighted by Gasteiger charge is -2.20. The minimum Gasteiger partial charge on any atom is -0.465 e. The number of rotatable bonds is 1. The molecule has 1 aliphatic rings. The predicted octanol–water partition coefficient (Wildman–Crippen LogP) is 1.47. The highest BCUT2D eigenvalue weighted by Gasteiger charge is 2.28. The van der Waals surface area contributed by atoms with Crippen LogP contribution in [0.4, 0.5) is 0 Å². The Kier molecular flexibility index (Phi) is 2.86. The summed E-state index contributed by atoms with van der Waals surface area (Å²) in [4.78, 5) is 22.6. The molecule has 0 amide bonds. The summed E-state index contributed by atoms with van der Waals surface area (Å²) >= 11 is 0. The first-order valence-corrected chi connectivity index (χ1v) is 4.40. The highest BCUT2D eigenvalue weighted by Crippen LogP contribution is 2.27. The summed E-state index contributed by atoms with van der Waals surface area (Å²) in [7, 11) is 1.30. The Hall–Kier alpha value is -1.12. The van der Waals surface area contributed by atoms with Crippen molar-refractivity contribution in [3.05, 3.63) is 11.1 Å². The third-order valence-electron chi connectivity index (χ3n) is 2.61. The second kappa shape index (κ2) is 3.73. The van der Waals surface area contributed by atoms with Crippen molar-refractivity contribution >= 4 is 11.8 Å². The lowest BCUT2D eigenvalue weighted by atomic mass is 9.84. The van der Waals surface area contributed by atoms with Crippen LogP contribution in [0, 0.1) is 5.92 Å². The molecule has 1 atom stereocenters. The molecule has 1 aliphatic carbocycles. The quantitative estimate of drug-likeness (QED) is 0.455. The topological polar surface area (TPSA) is 43.4 Å². The van der Waals surface area contributed by atoms with Crippen molar-refractivity contribution in [1.82, 2.24) is 0 Å². The van der Waals surface area contributed by atoms with E-state index in [1.165, 1.54) is 7.11 Å². The summed E-state index contributed by atoms with van der Waals surface area (Å²) in [6.07, 6.45) is 1.30. The summed E-state index contributed by atoms with van der Waals surface area (Å²) in [5, 5.41) is 0. The fraction of sp³-hybridized carbons (Fsp3) is 0.600. The van der Waals surface area contributed by atoms with Crippen LogP contribution in [0.15, 0.2) is 11.1 Å². The molecule has 1 unspecified atom stereocenters. The zero-order valence-electron chi connectivity index (χ0n) is 8.22. The van der Waals surface area contributed by atoms with E-state index in [-0.39, 0.29) is 11.4 Å². The molecule has 0 radical (unpaired) electrons. The Bertz CT molecular complexity index is 276. The van der Waals surface area contributed by atoms with E-state index in [2.05, 4.69) is 4.74 Å². The van der Waals surface area contributed by atoms with Gasteiger partial charge in [0.25, 0.3) is 0 Å². The van der Waals surface area contributed by atoms with Crippen LogP contribution in [-0.2, 0) is 14.3 Å². The van der Waals surface area contributed by atoms with Gasteiger partial charge in [0, 0.05) is 6.42 Å². The predicted molar refractivity (Wildman–Crippen MR) is 48.1 cm³/mol. The van der Waals surface area contributed by atoms with Gasteiger partial charge in [-0.25, -0.2) is 4.79 Å². The van der Waals surface area contributed by atoms with Gasteiger partial charge in [0.1, 0.15) is 5.57 Å². The smallest absolute Gasteiger partial charge is 0.341 e. The molecule has 3 nitrogen and oxygen atoms in total. The zero-order chi connectivity index (χ0) is 10.0. The number of hydrogen-bond donors (Lipinski definition) is 0. The Morgan fingerprint density at radius 3 is 2.69 bits per heavy atom. The van der Waals surface area contributed by atoms with Crippen molar-refractivity contribution in [2.45, 2.75) is 26.7 Å². The summed E-state index contributed by atoms with van der Waals surface area (Å²) in [6, 6.07) is 0. The van der Waals surface area contributed by atoms with E-state index in [1.807, 2.05) is 13.8 Å². The second-order valence-electron chi connectivity index (χ2n) is 3.41. The van der Waals surface area contributed by atoms with Gasteiger partial charge in [-0.2, -0.15) is 0 Å². The highest BCUT2D eigenvalue weighted by molar-refractivity contribution is 6.18. The van der Waals surface area contributed by atoms with E-state index < -0.39 is 5.97 Å². The molecule has 0 aromatic rings. The van der Waals surface area contributed by atoms with Gasteiger partial charge in [-0.05, 0) is 19.3 Å². The first-order valence-electron chi connectivity index (χ1n) is 4.40. The van der Waals surface area contributed by atoms with Crippen LogP contribution >= 0.6 is 0 Å². The molecule has 0 N–H and O–H groups in total. The van der Waals surface area contributed by atoms with Gasteiger partial charge in [0.15, 0.2) is 5.78 Å². The Morgan fingerprint density at radius 1 is 1.54 bits per heavy atom. The van der Waals surface area contributed by atoms with Crippen molar-refractivity contribution in [1.29, 1.82) is 0 Å². The summed E-state index contributed by atoms with van der Waals surface area (Å²) in [6.45, 7) is 3.85. The minimum absolute atomic E-state index is 0.0811. The molecular formula is C10H14O3. The highest BCUT2D eigenvalue weighted by atomic mass is 16.5. The monoisotopic (exact) mass is 182 g/mol. The van der Waals surface area contributed by atoms with Crippen molar-refractivity contribution < 1.29 is 14.3 Å². The van der Waals surface area contributed by atoms with E-state index in [0.29, 0.717) is 12.3 Å². The standard InChI is InChI=1S/C10H14O3/c1-6-4-5-8(11)9(7(6)2)10(12)13-3/h6H,4-5H2,1-3H3. The number of methoxy groups -OCH3 is 1. The molecule has 0 bridgehead atoms. The van der Waals surface area contributed by atoms with Crippen molar-refractivity contribution in [3.63, 3.8) is 0 Å². The van der Waals surface area contributed by atoms with Crippen LogP contribution in [-0.4, -0.2) is 18.9 Å². The summed E-state index contributed by atoms with van der Waals surface area (Å²) in [5.74, 6) is -0.261. The average Bonchev–Trinajstić information content (AvgIpc) is 2.12. The van der Waals surface area contributed by atoms with Gasteiger partial charge in [0.05, 0.1) is 7.11 Å². The molecule has 0 fully saturated rings. The lowest BCUT2D eigenvalue weighted by molar-refractivity contribution is -0.138. The van der Waals surface area contributed by atoms with Crippen LogP contribution < -0.4 is 0 Å². The maximum absolute atomic E-state index is 11.4. The number of ether oxygens (including phenoxy) is 1. The minimum atomic E-state index is -0.492. The maximum atomic E-state index is 11.4. The third kappa shape index (κ3) is 1.79. The number of esters is 1. The number of allylic oxidation sites excluding steroid dienone is 1. The second-order valence-corrected chi connectivity index (χ2v) is 3.41. The fourth-order valence-electron chi connectivity index (χ4n) is 1.53. The van der Waals surface area contributed by atoms with Gasteiger partial charge in [0.2, 0.25) is 0 Å². The Morgan fingerprint density at radius 2 is 2.15 bits per heavy atom. The van der Waals surface area contributed by atoms with E-state index in [4.69, 9.17) is 0 Å². The molecule has 0 aromatic carbocycles. The van der Waals surface area contributed by atoms with E-state index >= 15 is 0 Å². The zero-order valence-corrected chi connectivity index (χ0v) is 8.22. The molecule has 0 saturated carbocycles. The average molecular weight is 182 g/mol. The molecule has 0 heterocycles.